The number of hydrogen-bond donors (Lipinski definition) is 1. The molecule has 1 aromatic carbocycles. The highest BCUT2D eigenvalue weighted by Gasteiger charge is 2.36. The smallest absolute Gasteiger partial charge is 0.408 e. The summed E-state index contributed by atoms with van der Waals surface area (Å²) < 4.78 is 6.04. The Kier molecular flexibility index (Phi) is 2.06. The first kappa shape index (κ1) is 9.58. The molecule has 1 aromatic rings. The second kappa shape index (κ2) is 3.44. The van der Waals surface area contributed by atoms with Crippen molar-refractivity contribution in [3.05, 3.63) is 48.1 Å². The summed E-state index contributed by atoms with van der Waals surface area (Å²) in [6.45, 7) is 6.20. The van der Waals surface area contributed by atoms with Crippen LogP contribution in [0.2, 0.25) is 0 Å². The Labute approximate surface area is 96.1 Å². The summed E-state index contributed by atoms with van der Waals surface area (Å²) in [7, 11) is 0. The average Bonchev–Trinajstić information content (AvgIpc) is 2.71. The van der Waals surface area contributed by atoms with Gasteiger partial charge in [-0.15, -0.1) is 0 Å². The summed E-state index contributed by atoms with van der Waals surface area (Å²) in [5, 5.41) is 3.32. The molecule has 2 aliphatic heterocycles. The van der Waals surface area contributed by atoms with Crippen molar-refractivity contribution in [1.82, 2.24) is 5.32 Å². The van der Waals surface area contributed by atoms with Crippen LogP contribution in [0.15, 0.2) is 37.0 Å². The number of para-hydroxylation sites is 1. The van der Waals surface area contributed by atoms with Crippen molar-refractivity contribution in [2.45, 2.75) is 19.3 Å². The fourth-order valence-electron chi connectivity index (χ4n) is 2.39. The Morgan fingerprint density at radius 2 is 2.44 bits per heavy atom. The van der Waals surface area contributed by atoms with Crippen LogP contribution in [-0.4, -0.2) is 12.9 Å². The van der Waals surface area contributed by atoms with Crippen molar-refractivity contribution in [2.24, 2.45) is 0 Å². The lowest BCUT2D eigenvalue weighted by atomic mass is 9.59. The van der Waals surface area contributed by atoms with Gasteiger partial charge in [0.25, 0.3) is 0 Å². The highest BCUT2D eigenvalue weighted by Crippen LogP contribution is 2.34. The molecule has 1 unspecified atom stereocenters. The van der Waals surface area contributed by atoms with Crippen molar-refractivity contribution in [1.29, 1.82) is 0 Å². The maximum atomic E-state index is 6.04. The van der Waals surface area contributed by atoms with E-state index in [0.29, 0.717) is 5.94 Å². The van der Waals surface area contributed by atoms with Crippen LogP contribution in [0.3, 0.4) is 0 Å². The molecular weight excluding hydrogens is 197 g/mol. The molecule has 0 aromatic heterocycles. The van der Waals surface area contributed by atoms with Crippen molar-refractivity contribution >= 4 is 12.5 Å². The van der Waals surface area contributed by atoms with Crippen LogP contribution < -0.4 is 9.97 Å². The Hall–Kier alpha value is -1.64. The Balaban J connectivity index is 2.06. The molecule has 1 N–H and O–H groups in total. The summed E-state index contributed by atoms with van der Waals surface area (Å²) in [6, 6.07) is 6.29. The largest absolute Gasteiger partial charge is 0.554 e. The SMILES string of the molecule is C=C(C)c1cccc2c1OB1C=CNC1C2. The van der Waals surface area contributed by atoms with E-state index in [1.165, 1.54) is 5.56 Å². The first-order valence-corrected chi connectivity index (χ1v) is 5.63. The predicted octanol–water partition coefficient (Wildman–Crippen LogP) is 2.21. The Morgan fingerprint density at radius 3 is 3.25 bits per heavy atom. The third-order valence-electron chi connectivity index (χ3n) is 3.24. The van der Waals surface area contributed by atoms with Crippen LogP contribution in [0.5, 0.6) is 5.75 Å². The molecule has 80 valence electrons. The van der Waals surface area contributed by atoms with Crippen LogP contribution in [-0.2, 0) is 6.42 Å². The lowest BCUT2D eigenvalue weighted by molar-refractivity contribution is 0.512. The van der Waals surface area contributed by atoms with Crippen molar-refractivity contribution < 1.29 is 4.65 Å². The first-order valence-electron chi connectivity index (χ1n) is 5.63. The molecule has 0 aliphatic carbocycles. The highest BCUT2D eigenvalue weighted by molar-refractivity contribution is 6.61. The third kappa shape index (κ3) is 1.35. The zero-order valence-corrected chi connectivity index (χ0v) is 9.36. The van der Waals surface area contributed by atoms with Gasteiger partial charge in [0.1, 0.15) is 5.75 Å². The van der Waals surface area contributed by atoms with E-state index in [1.54, 1.807) is 0 Å². The standard InChI is InChI=1S/C13H14BNO/c1-9(2)11-5-3-4-10-8-12-14(6-7-15-12)16-13(10)11/h3-7,12,15H,1,8H2,2H3. The fraction of sp³-hybridized carbons (Fsp3) is 0.231. The minimum atomic E-state index is 0.174. The number of allylic oxidation sites excluding steroid dienone is 1. The molecule has 0 saturated heterocycles. The fourth-order valence-corrected chi connectivity index (χ4v) is 2.39. The van der Waals surface area contributed by atoms with E-state index >= 15 is 0 Å². The number of hydrogen-bond acceptors (Lipinski definition) is 2. The molecule has 2 nitrogen and oxygen atoms in total. The molecule has 0 radical (unpaired) electrons. The third-order valence-corrected chi connectivity index (χ3v) is 3.24. The molecule has 0 saturated carbocycles. The summed E-state index contributed by atoms with van der Waals surface area (Å²) in [5.41, 5.74) is 3.47. The molecule has 1 atom stereocenters. The zero-order chi connectivity index (χ0) is 11.1. The van der Waals surface area contributed by atoms with Gasteiger partial charge in [0.2, 0.25) is 0 Å². The Bertz CT molecular complexity index is 481. The van der Waals surface area contributed by atoms with Crippen molar-refractivity contribution in [3.8, 4) is 5.75 Å². The van der Waals surface area contributed by atoms with Crippen LogP contribution in [0.1, 0.15) is 18.1 Å². The van der Waals surface area contributed by atoms with Gasteiger partial charge in [-0.2, -0.15) is 0 Å². The van der Waals surface area contributed by atoms with Crippen molar-refractivity contribution in [2.75, 3.05) is 0 Å². The molecule has 16 heavy (non-hydrogen) atoms. The average molecular weight is 211 g/mol. The molecule has 0 fully saturated rings. The molecule has 0 bridgehead atoms. The summed E-state index contributed by atoms with van der Waals surface area (Å²) in [5.74, 6) is 3.50. The van der Waals surface area contributed by atoms with Gasteiger partial charge < -0.3 is 9.97 Å². The Morgan fingerprint density at radius 1 is 1.56 bits per heavy atom. The lowest BCUT2D eigenvalue weighted by Gasteiger charge is -2.28. The van der Waals surface area contributed by atoms with Gasteiger partial charge in [-0.1, -0.05) is 30.8 Å². The quantitative estimate of drug-likeness (QED) is 0.719. The number of fused-ring (bicyclic) bond motifs is 2. The molecule has 3 rings (SSSR count). The van der Waals surface area contributed by atoms with Crippen LogP contribution in [0.4, 0.5) is 0 Å². The van der Waals surface area contributed by atoms with E-state index in [9.17, 15) is 0 Å². The highest BCUT2D eigenvalue weighted by atomic mass is 16.4. The van der Waals surface area contributed by atoms with Gasteiger partial charge in [0, 0.05) is 5.56 Å². The molecular formula is C13H14BNO. The second-order valence-corrected chi connectivity index (χ2v) is 4.49. The van der Waals surface area contributed by atoms with E-state index in [4.69, 9.17) is 4.65 Å². The molecule has 0 spiro atoms. The molecule has 2 aliphatic rings. The van der Waals surface area contributed by atoms with Gasteiger partial charge in [-0.3, -0.25) is 0 Å². The van der Waals surface area contributed by atoms with Crippen LogP contribution >= 0.6 is 0 Å². The van der Waals surface area contributed by atoms with E-state index in [1.807, 2.05) is 13.1 Å². The van der Waals surface area contributed by atoms with Gasteiger partial charge in [0.15, 0.2) is 0 Å². The van der Waals surface area contributed by atoms with E-state index in [0.717, 1.165) is 23.3 Å². The molecule has 3 heteroatoms. The van der Waals surface area contributed by atoms with Gasteiger partial charge in [-0.05, 0) is 30.7 Å². The zero-order valence-electron chi connectivity index (χ0n) is 9.36. The topological polar surface area (TPSA) is 21.3 Å². The number of nitrogens with one attached hydrogen (secondary N) is 1. The predicted molar refractivity (Wildman–Crippen MR) is 67.3 cm³/mol. The molecule has 2 heterocycles. The second-order valence-electron chi connectivity index (χ2n) is 4.49. The molecule has 0 amide bonds. The minimum Gasteiger partial charge on any atom is -0.554 e. The summed E-state index contributed by atoms with van der Waals surface area (Å²) in [6.07, 6.45) is 3.01. The minimum absolute atomic E-state index is 0.174. The van der Waals surface area contributed by atoms with E-state index in [2.05, 4.69) is 36.1 Å². The van der Waals surface area contributed by atoms with Gasteiger partial charge >= 0.3 is 6.92 Å². The van der Waals surface area contributed by atoms with Gasteiger partial charge in [-0.25, -0.2) is 0 Å². The maximum Gasteiger partial charge on any atom is 0.408 e. The summed E-state index contributed by atoms with van der Waals surface area (Å²) >= 11 is 0. The van der Waals surface area contributed by atoms with E-state index < -0.39 is 0 Å². The van der Waals surface area contributed by atoms with Gasteiger partial charge in [0.05, 0.1) is 5.94 Å². The summed E-state index contributed by atoms with van der Waals surface area (Å²) in [4.78, 5) is 0. The first-order chi connectivity index (χ1) is 7.75. The maximum absolute atomic E-state index is 6.04. The van der Waals surface area contributed by atoms with E-state index in [-0.39, 0.29) is 6.92 Å². The number of rotatable bonds is 1. The van der Waals surface area contributed by atoms with Crippen LogP contribution in [0.25, 0.3) is 5.57 Å². The number of benzene rings is 1. The monoisotopic (exact) mass is 211 g/mol. The van der Waals surface area contributed by atoms with Crippen molar-refractivity contribution in [3.63, 3.8) is 0 Å². The normalized spacial score (nSPS) is 20.8. The lowest BCUT2D eigenvalue weighted by Crippen LogP contribution is -2.44. The van der Waals surface area contributed by atoms with Crippen LogP contribution in [0, 0.1) is 0 Å².